The summed E-state index contributed by atoms with van der Waals surface area (Å²) in [5, 5.41) is 15.2. The van der Waals surface area contributed by atoms with Gasteiger partial charge in [0, 0.05) is 26.2 Å². The average molecular weight is 545 g/mol. The number of rotatable bonds is 8. The lowest BCUT2D eigenvalue weighted by Gasteiger charge is -2.33. The van der Waals surface area contributed by atoms with Crippen LogP contribution in [0.2, 0.25) is 0 Å². The Labute approximate surface area is 227 Å². The lowest BCUT2D eigenvalue weighted by atomic mass is 10.0. The number of ether oxygens (including phenoxy) is 1. The Morgan fingerprint density at radius 3 is 2.59 bits per heavy atom. The average Bonchev–Trinajstić information content (AvgIpc) is 3.59. The number of halogens is 1. The number of benzene rings is 1. The second kappa shape index (κ2) is 13.3. The normalized spacial score (nSPS) is 19.8. The molecule has 0 saturated carbocycles. The summed E-state index contributed by atoms with van der Waals surface area (Å²) < 4.78 is 20.3. The lowest BCUT2D eigenvalue weighted by Crippen LogP contribution is -2.37. The molecular formula is C26H37FN8O4. The van der Waals surface area contributed by atoms with Crippen molar-refractivity contribution in [2.24, 2.45) is 0 Å². The van der Waals surface area contributed by atoms with E-state index >= 15 is 4.39 Å². The standard InChI is InChI=1S/C24H31FN8O4.C2H6/c25-20-12-18(32-15-19(14-26-16-34)37-24(32)36)4-5-21(20)30-10-6-17(7-11-30)33-28-22(27-29-33)13-23(35)31-8-2-1-3-9-31;1-2/h4-5,12,16-17,19H,1-3,6-11,13-15H2,(H,26,34);1-2H3. The van der Waals surface area contributed by atoms with Gasteiger partial charge in [-0.2, -0.15) is 4.80 Å². The zero-order valence-corrected chi connectivity index (χ0v) is 22.6. The third-order valence-electron chi connectivity index (χ3n) is 7.17. The smallest absolute Gasteiger partial charge is 0.414 e. The summed E-state index contributed by atoms with van der Waals surface area (Å²) in [4.78, 5) is 41.9. The van der Waals surface area contributed by atoms with E-state index in [0.717, 1.165) is 25.9 Å². The molecule has 13 heteroatoms. The first-order valence-corrected chi connectivity index (χ1v) is 13.8. The van der Waals surface area contributed by atoms with Crippen LogP contribution in [-0.4, -0.2) is 88.9 Å². The number of carbonyl (C=O) groups excluding carboxylic acids is 3. The fraction of sp³-hybridized carbons (Fsp3) is 0.615. The molecule has 212 valence electrons. The number of aromatic nitrogens is 4. The van der Waals surface area contributed by atoms with Crippen LogP contribution in [0.5, 0.6) is 0 Å². The summed E-state index contributed by atoms with van der Waals surface area (Å²) in [6.45, 7) is 7.25. The molecule has 0 bridgehead atoms. The van der Waals surface area contributed by atoms with Crippen molar-refractivity contribution in [3.63, 3.8) is 0 Å². The highest BCUT2D eigenvalue weighted by Gasteiger charge is 2.33. The predicted octanol–water partition coefficient (Wildman–Crippen LogP) is 2.31. The van der Waals surface area contributed by atoms with Gasteiger partial charge in [-0.15, -0.1) is 10.2 Å². The highest BCUT2D eigenvalue weighted by Crippen LogP contribution is 2.31. The summed E-state index contributed by atoms with van der Waals surface area (Å²) >= 11 is 0. The number of hydrogen-bond donors (Lipinski definition) is 1. The molecule has 12 nitrogen and oxygen atoms in total. The quantitative estimate of drug-likeness (QED) is 0.502. The van der Waals surface area contributed by atoms with Gasteiger partial charge in [-0.05, 0) is 55.5 Å². The number of amides is 3. The molecule has 2 aromatic rings. The molecular weight excluding hydrogens is 507 g/mol. The minimum atomic E-state index is -0.567. The van der Waals surface area contributed by atoms with Crippen molar-refractivity contribution < 1.29 is 23.5 Å². The first kappa shape index (κ1) is 28.2. The molecule has 5 rings (SSSR count). The summed E-state index contributed by atoms with van der Waals surface area (Å²) in [5.74, 6) is 0.0585. The largest absolute Gasteiger partial charge is 0.442 e. The number of anilines is 2. The number of nitrogens with zero attached hydrogens (tertiary/aromatic N) is 7. The van der Waals surface area contributed by atoms with Crippen LogP contribution in [-0.2, 0) is 20.7 Å². The monoisotopic (exact) mass is 544 g/mol. The van der Waals surface area contributed by atoms with Gasteiger partial charge in [0.1, 0.15) is 11.9 Å². The molecule has 0 spiro atoms. The molecule has 0 radical (unpaired) electrons. The van der Waals surface area contributed by atoms with Gasteiger partial charge < -0.3 is 19.9 Å². The molecule has 3 amide bonds. The lowest BCUT2D eigenvalue weighted by molar-refractivity contribution is -0.131. The molecule has 3 aliphatic heterocycles. The maximum atomic E-state index is 15.1. The van der Waals surface area contributed by atoms with Crippen molar-refractivity contribution >= 4 is 29.8 Å². The zero-order chi connectivity index (χ0) is 27.8. The Morgan fingerprint density at radius 2 is 1.90 bits per heavy atom. The van der Waals surface area contributed by atoms with Gasteiger partial charge in [0.25, 0.3) is 0 Å². The van der Waals surface area contributed by atoms with Crippen LogP contribution in [0.1, 0.15) is 57.8 Å². The third kappa shape index (κ3) is 6.82. The SMILES string of the molecule is CC.O=CNCC1CN(c2ccc(N3CCC(n4nnc(CC(=O)N5CCCCC5)n4)CC3)c(F)c2)C(=O)O1. The van der Waals surface area contributed by atoms with E-state index in [1.165, 1.54) is 17.4 Å². The van der Waals surface area contributed by atoms with E-state index in [1.54, 1.807) is 16.9 Å². The highest BCUT2D eigenvalue weighted by molar-refractivity contribution is 5.90. The van der Waals surface area contributed by atoms with Crippen molar-refractivity contribution in [1.29, 1.82) is 0 Å². The molecule has 3 saturated heterocycles. The van der Waals surface area contributed by atoms with Gasteiger partial charge in [0.2, 0.25) is 12.3 Å². The molecule has 3 aliphatic rings. The minimum Gasteiger partial charge on any atom is -0.442 e. The first-order chi connectivity index (χ1) is 19.0. The Bertz CT molecular complexity index is 1130. The summed E-state index contributed by atoms with van der Waals surface area (Å²) in [7, 11) is 0. The van der Waals surface area contributed by atoms with Crippen LogP contribution in [0.3, 0.4) is 0 Å². The van der Waals surface area contributed by atoms with Gasteiger partial charge in [-0.25, -0.2) is 9.18 Å². The number of cyclic esters (lactones) is 1. The number of tetrazole rings is 1. The molecule has 4 heterocycles. The van der Waals surface area contributed by atoms with Gasteiger partial charge >= 0.3 is 6.09 Å². The second-order valence-corrected chi connectivity index (χ2v) is 9.64. The summed E-state index contributed by atoms with van der Waals surface area (Å²) in [6, 6.07) is 4.74. The fourth-order valence-electron chi connectivity index (χ4n) is 5.15. The van der Waals surface area contributed by atoms with E-state index < -0.39 is 18.0 Å². The van der Waals surface area contributed by atoms with Crippen LogP contribution in [0, 0.1) is 5.82 Å². The van der Waals surface area contributed by atoms with Crippen LogP contribution < -0.4 is 15.1 Å². The van der Waals surface area contributed by atoms with Crippen LogP contribution in [0.15, 0.2) is 18.2 Å². The predicted molar refractivity (Wildman–Crippen MR) is 142 cm³/mol. The maximum absolute atomic E-state index is 15.1. The van der Waals surface area contributed by atoms with E-state index in [1.807, 2.05) is 23.6 Å². The Morgan fingerprint density at radius 1 is 1.15 bits per heavy atom. The number of hydrogen-bond acceptors (Lipinski definition) is 8. The van der Waals surface area contributed by atoms with E-state index in [2.05, 4.69) is 20.7 Å². The Hall–Kier alpha value is -3.77. The molecule has 1 aromatic heterocycles. The van der Waals surface area contributed by atoms with E-state index in [0.29, 0.717) is 49.5 Å². The van der Waals surface area contributed by atoms with Crippen LogP contribution in [0.4, 0.5) is 20.6 Å². The van der Waals surface area contributed by atoms with Gasteiger partial charge in [-0.1, -0.05) is 13.8 Å². The van der Waals surface area contributed by atoms with Crippen molar-refractivity contribution in [3.8, 4) is 0 Å². The van der Waals surface area contributed by atoms with Gasteiger partial charge in [-0.3, -0.25) is 14.5 Å². The first-order valence-electron chi connectivity index (χ1n) is 13.8. The number of carbonyl (C=O) groups is 3. The van der Waals surface area contributed by atoms with E-state index in [9.17, 15) is 14.4 Å². The Kier molecular flexibility index (Phi) is 9.66. The number of likely N-dealkylation sites (tertiary alicyclic amines) is 1. The number of nitrogens with one attached hydrogen (secondary N) is 1. The van der Waals surface area contributed by atoms with Crippen LogP contribution in [0.25, 0.3) is 0 Å². The third-order valence-corrected chi connectivity index (χ3v) is 7.17. The molecule has 1 aromatic carbocycles. The van der Waals surface area contributed by atoms with Crippen molar-refractivity contribution in [3.05, 3.63) is 29.8 Å². The molecule has 1 N–H and O–H groups in total. The molecule has 39 heavy (non-hydrogen) atoms. The topological polar surface area (TPSA) is 126 Å². The highest BCUT2D eigenvalue weighted by atomic mass is 19.1. The Balaban J connectivity index is 0.00000172. The fourth-order valence-corrected chi connectivity index (χ4v) is 5.15. The molecule has 1 unspecified atom stereocenters. The summed E-state index contributed by atoms with van der Waals surface area (Å²) in [5.41, 5.74) is 0.876. The van der Waals surface area contributed by atoms with E-state index in [-0.39, 0.29) is 31.5 Å². The van der Waals surface area contributed by atoms with Crippen LogP contribution >= 0.6 is 0 Å². The zero-order valence-electron chi connectivity index (χ0n) is 22.6. The van der Waals surface area contributed by atoms with Crippen molar-refractivity contribution in [2.75, 3.05) is 49.1 Å². The summed E-state index contributed by atoms with van der Waals surface area (Å²) in [6.07, 6.45) is 4.33. The van der Waals surface area contributed by atoms with Gasteiger partial charge in [0.05, 0.1) is 36.9 Å². The second-order valence-electron chi connectivity index (χ2n) is 9.64. The molecule has 0 aliphatic carbocycles. The maximum Gasteiger partial charge on any atom is 0.414 e. The van der Waals surface area contributed by atoms with Crippen molar-refractivity contribution in [1.82, 2.24) is 30.4 Å². The van der Waals surface area contributed by atoms with E-state index in [4.69, 9.17) is 4.74 Å². The van der Waals surface area contributed by atoms with Crippen molar-refractivity contribution in [2.45, 2.75) is 64.5 Å². The van der Waals surface area contributed by atoms with Gasteiger partial charge in [0.15, 0.2) is 5.82 Å². The minimum absolute atomic E-state index is 0.0289. The molecule has 3 fully saturated rings. The molecule has 1 atom stereocenters. The number of piperidine rings is 2.